The zero-order valence-electron chi connectivity index (χ0n) is 18.3. The Balaban J connectivity index is 2.04. The van der Waals surface area contributed by atoms with Crippen molar-refractivity contribution in [1.82, 2.24) is 4.57 Å². The van der Waals surface area contributed by atoms with Crippen LogP contribution in [0.4, 0.5) is 4.39 Å². The fourth-order valence-corrected chi connectivity index (χ4v) is 3.63. The van der Waals surface area contributed by atoms with Gasteiger partial charge in [-0.25, -0.2) is 4.39 Å². The van der Waals surface area contributed by atoms with E-state index in [0.717, 1.165) is 15.7 Å². The molecule has 1 unspecified atom stereocenters. The van der Waals surface area contributed by atoms with Crippen molar-refractivity contribution in [2.75, 3.05) is 0 Å². The zero-order valence-corrected chi connectivity index (χ0v) is 18.3. The standard InChI is InChI=1S/C25H23FN2O4/c1-14-9-15(2)11-20(10-14)32-17(4)23(29)22-16(3)21(12-27)24(30)28(25(22)31)13-18-5-7-19(26)8-6-18/h5-11,17,31H,13H2,1-4H3. The maximum atomic E-state index is 13.2. The van der Waals surface area contributed by atoms with E-state index in [1.165, 1.54) is 31.2 Å². The highest BCUT2D eigenvalue weighted by Crippen LogP contribution is 2.26. The number of ether oxygens (including phenoxy) is 1. The van der Waals surface area contributed by atoms with Crippen LogP contribution in [0.15, 0.2) is 47.3 Å². The molecule has 0 amide bonds. The number of nitriles is 1. The Hall–Kier alpha value is -3.92. The van der Waals surface area contributed by atoms with Crippen molar-refractivity contribution in [1.29, 1.82) is 5.26 Å². The minimum Gasteiger partial charge on any atom is -0.494 e. The molecule has 0 saturated heterocycles. The number of ketones is 1. The van der Waals surface area contributed by atoms with Gasteiger partial charge in [0.05, 0.1) is 12.1 Å². The molecular formula is C25H23FN2O4. The lowest BCUT2D eigenvalue weighted by Gasteiger charge is -2.19. The minimum atomic E-state index is -0.982. The summed E-state index contributed by atoms with van der Waals surface area (Å²) >= 11 is 0. The number of halogens is 1. The van der Waals surface area contributed by atoms with E-state index >= 15 is 0 Å². The second kappa shape index (κ2) is 9.06. The van der Waals surface area contributed by atoms with E-state index in [0.29, 0.717) is 11.3 Å². The molecule has 3 aromatic rings. The summed E-state index contributed by atoms with van der Waals surface area (Å²) in [7, 11) is 0. The third-order valence-electron chi connectivity index (χ3n) is 5.18. The first-order chi connectivity index (χ1) is 15.1. The molecule has 3 rings (SSSR count). The Bertz CT molecular complexity index is 1270. The molecule has 6 nitrogen and oxygen atoms in total. The van der Waals surface area contributed by atoms with Crippen LogP contribution in [0.5, 0.6) is 11.6 Å². The molecule has 32 heavy (non-hydrogen) atoms. The molecule has 0 aliphatic carbocycles. The lowest BCUT2D eigenvalue weighted by atomic mass is 9.99. The predicted octanol–water partition coefficient (Wildman–Crippen LogP) is 4.19. The molecule has 0 aliphatic heterocycles. The first-order valence-electron chi connectivity index (χ1n) is 10.0. The molecular weight excluding hydrogens is 411 g/mol. The van der Waals surface area contributed by atoms with E-state index < -0.39 is 29.1 Å². The molecule has 1 aromatic heterocycles. The van der Waals surface area contributed by atoms with E-state index in [2.05, 4.69) is 0 Å². The smallest absolute Gasteiger partial charge is 0.271 e. The lowest BCUT2D eigenvalue weighted by molar-refractivity contribution is 0.0812. The maximum absolute atomic E-state index is 13.2. The quantitative estimate of drug-likeness (QED) is 0.588. The van der Waals surface area contributed by atoms with Crippen LogP contribution in [0.25, 0.3) is 0 Å². The first-order valence-corrected chi connectivity index (χ1v) is 10.0. The summed E-state index contributed by atoms with van der Waals surface area (Å²) in [4.78, 5) is 26.0. The number of aromatic hydroxyl groups is 1. The Labute approximate surface area is 185 Å². The Morgan fingerprint density at radius 1 is 1.16 bits per heavy atom. The van der Waals surface area contributed by atoms with Crippen LogP contribution in [0, 0.1) is 37.9 Å². The highest BCUT2D eigenvalue weighted by molar-refractivity contribution is 6.03. The van der Waals surface area contributed by atoms with Crippen molar-refractivity contribution in [2.24, 2.45) is 0 Å². The molecule has 164 valence electrons. The van der Waals surface area contributed by atoms with Gasteiger partial charge in [-0.05, 0) is 74.2 Å². The molecule has 1 atom stereocenters. The number of Topliss-reactive ketones (excluding diaryl/α,β-unsaturated/α-hetero) is 1. The molecule has 0 aliphatic rings. The number of pyridine rings is 1. The summed E-state index contributed by atoms with van der Waals surface area (Å²) in [5.74, 6) is -1.07. The zero-order chi connectivity index (χ0) is 23.6. The van der Waals surface area contributed by atoms with Crippen LogP contribution in [-0.4, -0.2) is 21.6 Å². The van der Waals surface area contributed by atoms with Gasteiger partial charge in [0.25, 0.3) is 5.56 Å². The van der Waals surface area contributed by atoms with Gasteiger partial charge in [-0.1, -0.05) is 18.2 Å². The monoisotopic (exact) mass is 434 g/mol. The van der Waals surface area contributed by atoms with Crippen LogP contribution >= 0.6 is 0 Å². The summed E-state index contributed by atoms with van der Waals surface area (Å²) in [5, 5.41) is 20.4. The third kappa shape index (κ3) is 4.54. The fraction of sp³-hybridized carbons (Fsp3) is 0.240. The van der Waals surface area contributed by atoms with E-state index in [1.54, 1.807) is 19.1 Å². The summed E-state index contributed by atoms with van der Waals surface area (Å²) in [5.41, 5.74) is 1.43. The number of aryl methyl sites for hydroxylation is 2. The topological polar surface area (TPSA) is 92.3 Å². The van der Waals surface area contributed by atoms with Crippen molar-refractivity contribution in [3.63, 3.8) is 0 Å². The van der Waals surface area contributed by atoms with Crippen molar-refractivity contribution in [2.45, 2.75) is 40.3 Å². The normalized spacial score (nSPS) is 11.6. The highest BCUT2D eigenvalue weighted by atomic mass is 19.1. The summed E-state index contributed by atoms with van der Waals surface area (Å²) in [6.45, 7) is 6.67. The van der Waals surface area contributed by atoms with Gasteiger partial charge in [0.1, 0.15) is 23.2 Å². The van der Waals surface area contributed by atoms with E-state index in [4.69, 9.17) is 4.74 Å². The van der Waals surface area contributed by atoms with Crippen molar-refractivity contribution in [3.8, 4) is 17.7 Å². The summed E-state index contributed by atoms with van der Waals surface area (Å²) in [6.07, 6.45) is -0.982. The number of carbonyl (C=O) groups is 1. The molecule has 0 spiro atoms. The number of benzene rings is 2. The van der Waals surface area contributed by atoms with Crippen molar-refractivity contribution < 1.29 is 19.0 Å². The summed E-state index contributed by atoms with van der Waals surface area (Å²) < 4.78 is 20.0. The maximum Gasteiger partial charge on any atom is 0.271 e. The SMILES string of the molecule is Cc1cc(C)cc(OC(C)C(=O)c2c(C)c(C#N)c(=O)n(Cc3ccc(F)cc3)c2O)c1. The molecule has 1 N–H and O–H groups in total. The van der Waals surface area contributed by atoms with E-state index in [9.17, 15) is 24.3 Å². The van der Waals surface area contributed by atoms with Gasteiger partial charge in [-0.15, -0.1) is 0 Å². The number of hydrogen-bond acceptors (Lipinski definition) is 5. The van der Waals surface area contributed by atoms with Crippen molar-refractivity contribution in [3.05, 3.63) is 92.0 Å². The Kier molecular flexibility index (Phi) is 6.45. The van der Waals surface area contributed by atoms with Crippen LogP contribution in [-0.2, 0) is 6.54 Å². The Morgan fingerprint density at radius 3 is 2.31 bits per heavy atom. The van der Waals surface area contributed by atoms with Crippen LogP contribution in [0.2, 0.25) is 0 Å². The lowest BCUT2D eigenvalue weighted by Crippen LogP contribution is -2.31. The second-order valence-corrected chi connectivity index (χ2v) is 7.78. The van der Waals surface area contributed by atoms with Gasteiger partial charge in [0.2, 0.25) is 11.7 Å². The number of hydrogen-bond donors (Lipinski definition) is 1. The summed E-state index contributed by atoms with van der Waals surface area (Å²) in [6, 6.07) is 12.7. The number of rotatable bonds is 6. The number of nitrogens with zero attached hydrogens (tertiary/aromatic N) is 2. The van der Waals surface area contributed by atoms with Crippen LogP contribution < -0.4 is 10.3 Å². The average molecular weight is 434 g/mol. The number of aromatic nitrogens is 1. The van der Waals surface area contributed by atoms with Crippen LogP contribution in [0.1, 0.15) is 45.1 Å². The third-order valence-corrected chi connectivity index (χ3v) is 5.18. The first kappa shape index (κ1) is 22.8. The molecule has 1 heterocycles. The minimum absolute atomic E-state index is 0.0891. The van der Waals surface area contributed by atoms with Gasteiger partial charge < -0.3 is 9.84 Å². The van der Waals surface area contributed by atoms with Crippen molar-refractivity contribution >= 4 is 5.78 Å². The van der Waals surface area contributed by atoms with Gasteiger partial charge in [-0.2, -0.15) is 5.26 Å². The van der Waals surface area contributed by atoms with Gasteiger partial charge in [0.15, 0.2) is 6.10 Å². The van der Waals surface area contributed by atoms with Gasteiger partial charge in [0, 0.05) is 0 Å². The fourth-order valence-electron chi connectivity index (χ4n) is 3.63. The molecule has 0 bridgehead atoms. The van der Waals surface area contributed by atoms with Crippen LogP contribution in [0.3, 0.4) is 0 Å². The molecule has 0 fully saturated rings. The average Bonchev–Trinajstić information content (AvgIpc) is 2.72. The molecule has 0 radical (unpaired) electrons. The predicted molar refractivity (Wildman–Crippen MR) is 118 cm³/mol. The van der Waals surface area contributed by atoms with Gasteiger partial charge >= 0.3 is 0 Å². The molecule has 0 saturated carbocycles. The highest BCUT2D eigenvalue weighted by Gasteiger charge is 2.28. The van der Waals surface area contributed by atoms with E-state index in [1.807, 2.05) is 26.0 Å². The molecule has 7 heteroatoms. The van der Waals surface area contributed by atoms with E-state index in [-0.39, 0.29) is 23.2 Å². The number of carbonyl (C=O) groups excluding carboxylic acids is 1. The Morgan fingerprint density at radius 2 is 1.75 bits per heavy atom. The second-order valence-electron chi connectivity index (χ2n) is 7.78. The molecule has 2 aromatic carbocycles. The largest absolute Gasteiger partial charge is 0.494 e. The van der Waals surface area contributed by atoms with Gasteiger partial charge in [-0.3, -0.25) is 14.2 Å².